The average molecular weight is 386 g/mol. The summed E-state index contributed by atoms with van der Waals surface area (Å²) < 4.78 is 11.3. The van der Waals surface area contributed by atoms with Crippen LogP contribution in [0.5, 0.6) is 0 Å². The second-order valence-corrected chi connectivity index (χ2v) is 7.68. The molecule has 7 nitrogen and oxygen atoms in total. The Morgan fingerprint density at radius 2 is 1.93 bits per heavy atom. The van der Waals surface area contributed by atoms with Gasteiger partial charge in [0.2, 0.25) is 0 Å². The Morgan fingerprint density at radius 3 is 2.48 bits per heavy atom. The summed E-state index contributed by atoms with van der Waals surface area (Å²) in [6.45, 7) is 8.33. The fourth-order valence-electron chi connectivity index (χ4n) is 3.61. The Kier molecular flexibility index (Phi) is 8.91. The number of hydrogen-bond donors (Lipinski definition) is 3. The van der Waals surface area contributed by atoms with Gasteiger partial charge in [0.05, 0.1) is 24.2 Å². The molecule has 1 fully saturated rings. The summed E-state index contributed by atoms with van der Waals surface area (Å²) in [5.41, 5.74) is -1.48. The molecule has 1 saturated heterocycles. The van der Waals surface area contributed by atoms with Gasteiger partial charge in [0, 0.05) is 12.0 Å². The van der Waals surface area contributed by atoms with Gasteiger partial charge in [0.15, 0.2) is 0 Å². The number of carbonyl (C=O) groups excluding carboxylic acids is 1. The SMILES string of the molecule is CCCCC/C=C/C(=O)O[C@@H]1[C@@H](C)[C@H](O)[C@@](C)([C@@H](O)[C@@H](C)C(=O)O)O[C@H]1C. The molecule has 0 radical (unpaired) electrons. The van der Waals surface area contributed by atoms with Gasteiger partial charge in [-0.25, -0.2) is 4.79 Å². The molecule has 1 aliphatic heterocycles. The van der Waals surface area contributed by atoms with E-state index in [1.807, 2.05) is 0 Å². The molecule has 0 saturated carbocycles. The highest BCUT2D eigenvalue weighted by atomic mass is 16.6. The lowest BCUT2D eigenvalue weighted by Crippen LogP contribution is -2.65. The van der Waals surface area contributed by atoms with Crippen molar-refractivity contribution in [2.45, 2.75) is 90.3 Å². The number of rotatable bonds is 9. The van der Waals surface area contributed by atoms with E-state index < -0.39 is 53.8 Å². The minimum Gasteiger partial charge on any atom is -0.481 e. The van der Waals surface area contributed by atoms with Crippen LogP contribution in [0.15, 0.2) is 12.2 Å². The van der Waals surface area contributed by atoms with Crippen LogP contribution in [0.4, 0.5) is 0 Å². The molecule has 1 heterocycles. The molecular formula is C20H34O7. The molecule has 7 heteroatoms. The zero-order chi connectivity index (χ0) is 20.8. The fraction of sp³-hybridized carbons (Fsp3) is 0.800. The zero-order valence-electron chi connectivity index (χ0n) is 16.9. The van der Waals surface area contributed by atoms with Crippen LogP contribution >= 0.6 is 0 Å². The Morgan fingerprint density at radius 1 is 1.30 bits per heavy atom. The molecule has 0 aromatic rings. The van der Waals surface area contributed by atoms with Gasteiger partial charge < -0.3 is 24.8 Å². The molecular weight excluding hydrogens is 352 g/mol. The maximum absolute atomic E-state index is 12.1. The Balaban J connectivity index is 2.78. The van der Waals surface area contributed by atoms with Crippen LogP contribution in [0, 0.1) is 11.8 Å². The maximum Gasteiger partial charge on any atom is 0.330 e. The molecule has 0 aromatic carbocycles. The van der Waals surface area contributed by atoms with E-state index >= 15 is 0 Å². The van der Waals surface area contributed by atoms with Crippen LogP contribution in [0.2, 0.25) is 0 Å². The van der Waals surface area contributed by atoms with Crippen molar-refractivity contribution < 1.29 is 34.4 Å². The highest BCUT2D eigenvalue weighted by Gasteiger charge is 2.55. The van der Waals surface area contributed by atoms with Crippen LogP contribution < -0.4 is 0 Å². The second kappa shape index (κ2) is 10.2. The van der Waals surface area contributed by atoms with Crippen LogP contribution in [0.1, 0.15) is 60.3 Å². The number of aliphatic carboxylic acids is 1. The van der Waals surface area contributed by atoms with Gasteiger partial charge in [-0.3, -0.25) is 4.79 Å². The zero-order valence-corrected chi connectivity index (χ0v) is 16.9. The van der Waals surface area contributed by atoms with Gasteiger partial charge in [0.25, 0.3) is 0 Å². The molecule has 0 bridgehead atoms. The normalized spacial score (nSPS) is 33.6. The monoisotopic (exact) mass is 386 g/mol. The Labute approximate surface area is 161 Å². The molecule has 7 atom stereocenters. The Bertz CT molecular complexity index is 532. The fourth-order valence-corrected chi connectivity index (χ4v) is 3.61. The number of ether oxygens (including phenoxy) is 2. The van der Waals surface area contributed by atoms with Gasteiger partial charge in [-0.05, 0) is 33.6 Å². The highest BCUT2D eigenvalue weighted by molar-refractivity contribution is 5.82. The summed E-state index contributed by atoms with van der Waals surface area (Å²) >= 11 is 0. The molecule has 1 aliphatic rings. The van der Waals surface area contributed by atoms with Crippen LogP contribution in [-0.4, -0.2) is 57.3 Å². The maximum atomic E-state index is 12.1. The molecule has 3 N–H and O–H groups in total. The lowest BCUT2D eigenvalue weighted by Gasteiger charge is -2.50. The first-order valence-corrected chi connectivity index (χ1v) is 9.70. The first kappa shape index (κ1) is 23.6. The number of allylic oxidation sites excluding steroid dienone is 1. The number of aliphatic hydroxyl groups excluding tert-OH is 2. The summed E-state index contributed by atoms with van der Waals surface area (Å²) in [5.74, 6) is -3.34. The quantitative estimate of drug-likeness (QED) is 0.316. The van der Waals surface area contributed by atoms with Crippen molar-refractivity contribution in [1.82, 2.24) is 0 Å². The topological polar surface area (TPSA) is 113 Å². The Hall–Kier alpha value is -1.44. The van der Waals surface area contributed by atoms with E-state index in [2.05, 4.69) is 6.92 Å². The van der Waals surface area contributed by atoms with Crippen molar-refractivity contribution >= 4 is 11.9 Å². The lowest BCUT2D eigenvalue weighted by molar-refractivity contribution is -0.276. The molecule has 0 aromatic heterocycles. The van der Waals surface area contributed by atoms with E-state index in [1.54, 1.807) is 19.9 Å². The highest BCUT2D eigenvalue weighted by Crippen LogP contribution is 2.39. The van der Waals surface area contributed by atoms with E-state index in [9.17, 15) is 19.8 Å². The number of carboxylic acid groups (broad SMARTS) is 1. The van der Waals surface area contributed by atoms with E-state index in [1.165, 1.54) is 19.9 Å². The summed E-state index contributed by atoms with van der Waals surface area (Å²) in [6, 6.07) is 0. The van der Waals surface area contributed by atoms with Crippen LogP contribution in [0.3, 0.4) is 0 Å². The second-order valence-electron chi connectivity index (χ2n) is 7.68. The molecule has 27 heavy (non-hydrogen) atoms. The number of esters is 1. The number of carbonyl (C=O) groups is 2. The number of unbranched alkanes of at least 4 members (excludes halogenated alkanes) is 3. The van der Waals surface area contributed by atoms with Crippen molar-refractivity contribution in [2.75, 3.05) is 0 Å². The third-order valence-corrected chi connectivity index (χ3v) is 5.44. The van der Waals surface area contributed by atoms with Gasteiger partial charge in [-0.2, -0.15) is 0 Å². The predicted octanol–water partition coefficient (Wildman–Crippen LogP) is 2.29. The molecule has 1 rings (SSSR count). The first-order chi connectivity index (χ1) is 12.6. The van der Waals surface area contributed by atoms with E-state index in [-0.39, 0.29) is 0 Å². The summed E-state index contributed by atoms with van der Waals surface area (Å²) in [4.78, 5) is 23.3. The van der Waals surface area contributed by atoms with E-state index in [4.69, 9.17) is 14.6 Å². The standard InChI is InChI=1S/C20H34O7/c1-6-7-8-9-10-11-15(21)26-16-12(2)17(22)20(5,27-14(16)4)18(23)13(3)19(24)25/h10-14,16-18,22-23H,6-9H2,1-5H3,(H,24,25)/b11-10+/t12-,13-,14+,16-,17+,18+,20+/m1/s1. The largest absolute Gasteiger partial charge is 0.481 e. The first-order valence-electron chi connectivity index (χ1n) is 9.70. The van der Waals surface area contributed by atoms with Crippen molar-refractivity contribution in [3.8, 4) is 0 Å². The molecule has 0 unspecified atom stereocenters. The summed E-state index contributed by atoms with van der Waals surface area (Å²) in [5, 5.41) is 30.3. The summed E-state index contributed by atoms with van der Waals surface area (Å²) in [7, 11) is 0. The van der Waals surface area contributed by atoms with E-state index in [0.29, 0.717) is 0 Å². The minimum absolute atomic E-state index is 0.506. The third-order valence-electron chi connectivity index (χ3n) is 5.44. The van der Waals surface area contributed by atoms with Crippen molar-refractivity contribution in [2.24, 2.45) is 11.8 Å². The third kappa shape index (κ3) is 5.77. The lowest BCUT2D eigenvalue weighted by atomic mass is 9.75. The van der Waals surface area contributed by atoms with Crippen molar-refractivity contribution in [1.29, 1.82) is 0 Å². The number of carboxylic acids is 1. The van der Waals surface area contributed by atoms with E-state index in [0.717, 1.165) is 25.7 Å². The van der Waals surface area contributed by atoms with Crippen LogP contribution in [-0.2, 0) is 19.1 Å². The van der Waals surface area contributed by atoms with Crippen molar-refractivity contribution in [3.05, 3.63) is 12.2 Å². The minimum atomic E-state index is -1.48. The average Bonchev–Trinajstić information content (AvgIpc) is 2.61. The molecule has 0 amide bonds. The van der Waals surface area contributed by atoms with Crippen LogP contribution in [0.25, 0.3) is 0 Å². The number of hydrogen-bond acceptors (Lipinski definition) is 6. The predicted molar refractivity (Wildman–Crippen MR) is 100 cm³/mol. The smallest absolute Gasteiger partial charge is 0.330 e. The summed E-state index contributed by atoms with van der Waals surface area (Å²) in [6.07, 6.45) is 3.26. The van der Waals surface area contributed by atoms with Gasteiger partial charge in [-0.1, -0.05) is 32.8 Å². The molecule has 0 aliphatic carbocycles. The van der Waals surface area contributed by atoms with Gasteiger partial charge in [0.1, 0.15) is 11.7 Å². The van der Waals surface area contributed by atoms with Crippen molar-refractivity contribution in [3.63, 3.8) is 0 Å². The molecule has 156 valence electrons. The number of aliphatic hydroxyl groups is 2. The molecule has 0 spiro atoms. The van der Waals surface area contributed by atoms with Gasteiger partial charge in [-0.15, -0.1) is 0 Å². The van der Waals surface area contributed by atoms with Gasteiger partial charge >= 0.3 is 11.9 Å².